The molecule has 2 aliphatic rings. The van der Waals surface area contributed by atoms with Crippen molar-refractivity contribution in [3.8, 4) is 5.75 Å². The molecule has 0 unspecified atom stereocenters. The number of fused-ring (bicyclic) bond motifs is 1. The predicted molar refractivity (Wildman–Crippen MR) is 103 cm³/mol. The fraction of sp³-hybridized carbons (Fsp3) is 0.100. The number of hydrogen-bond acceptors (Lipinski definition) is 6. The lowest BCUT2D eigenvalue weighted by atomic mass is 10.1. The molecule has 0 bridgehead atoms. The van der Waals surface area contributed by atoms with Crippen LogP contribution in [0.4, 0.5) is 5.69 Å². The lowest BCUT2D eigenvalue weighted by Crippen LogP contribution is -2.08. The van der Waals surface area contributed by atoms with Gasteiger partial charge in [0.15, 0.2) is 5.70 Å². The van der Waals surface area contributed by atoms with Crippen LogP contribution in [-0.4, -0.2) is 23.4 Å². The summed E-state index contributed by atoms with van der Waals surface area (Å²) in [6.45, 7) is 1.90. The number of halogens is 1. The van der Waals surface area contributed by atoms with E-state index in [2.05, 4.69) is 4.99 Å². The summed E-state index contributed by atoms with van der Waals surface area (Å²) in [5, 5.41) is 11.7. The second-order valence-electron chi connectivity index (χ2n) is 6.28. The first-order valence-corrected chi connectivity index (χ1v) is 8.69. The van der Waals surface area contributed by atoms with Crippen LogP contribution in [0.5, 0.6) is 5.75 Å². The minimum Gasteiger partial charge on any atom is -0.488 e. The van der Waals surface area contributed by atoms with Gasteiger partial charge in [-0.15, -0.1) is 0 Å². The molecule has 0 amide bonds. The molecule has 0 N–H and O–H groups in total. The van der Waals surface area contributed by atoms with Crippen molar-refractivity contribution in [3.63, 3.8) is 0 Å². The topological polar surface area (TPSA) is 91.0 Å². The number of ether oxygens (including phenoxy) is 2. The molecule has 2 aliphatic heterocycles. The molecule has 7 nitrogen and oxygen atoms in total. The minimum absolute atomic E-state index is 0.0279. The number of rotatable bonds is 3. The van der Waals surface area contributed by atoms with Crippen molar-refractivity contribution >= 4 is 35.2 Å². The van der Waals surface area contributed by atoms with Crippen LogP contribution in [0.2, 0.25) is 5.02 Å². The molecular formula is C20H13ClN2O5. The summed E-state index contributed by atoms with van der Waals surface area (Å²) in [7, 11) is 0. The molecule has 2 aromatic rings. The molecule has 0 saturated heterocycles. The van der Waals surface area contributed by atoms with Crippen LogP contribution < -0.4 is 4.74 Å². The van der Waals surface area contributed by atoms with Gasteiger partial charge in [0.25, 0.3) is 5.69 Å². The number of benzene rings is 2. The molecule has 2 heterocycles. The second-order valence-corrected chi connectivity index (χ2v) is 6.72. The van der Waals surface area contributed by atoms with Crippen LogP contribution in [-0.2, 0) is 9.53 Å². The molecule has 0 saturated carbocycles. The Morgan fingerprint density at radius 1 is 1.25 bits per heavy atom. The molecule has 0 atom stereocenters. The van der Waals surface area contributed by atoms with Crippen molar-refractivity contribution in [2.75, 3.05) is 6.61 Å². The molecule has 28 heavy (non-hydrogen) atoms. The zero-order valence-electron chi connectivity index (χ0n) is 14.6. The standard InChI is InChI=1S/C20H13ClN2O5/c1-11-2-3-13(9-17(11)23(25)26)19-22-16(20(24)28-19)7-12-6-14-8-15(21)4-5-18(14)27-10-12/h2-9H,10H2,1H3/b16-7-. The van der Waals surface area contributed by atoms with Crippen molar-refractivity contribution in [2.24, 2.45) is 4.99 Å². The third-order valence-corrected chi connectivity index (χ3v) is 4.54. The first kappa shape index (κ1) is 17.9. The van der Waals surface area contributed by atoms with E-state index in [0.29, 0.717) is 21.9 Å². The maximum atomic E-state index is 12.2. The largest absolute Gasteiger partial charge is 0.488 e. The number of nitrogens with zero attached hydrogens (tertiary/aromatic N) is 2. The summed E-state index contributed by atoms with van der Waals surface area (Å²) >= 11 is 6.01. The summed E-state index contributed by atoms with van der Waals surface area (Å²) in [4.78, 5) is 27.0. The average Bonchev–Trinajstić information content (AvgIpc) is 3.02. The van der Waals surface area contributed by atoms with E-state index in [1.807, 2.05) is 6.08 Å². The van der Waals surface area contributed by atoms with E-state index in [-0.39, 0.29) is 23.9 Å². The number of aryl methyl sites for hydroxylation is 1. The summed E-state index contributed by atoms with van der Waals surface area (Å²) in [6, 6.07) is 9.83. The number of hydrogen-bond donors (Lipinski definition) is 0. The highest BCUT2D eigenvalue weighted by atomic mass is 35.5. The van der Waals surface area contributed by atoms with Gasteiger partial charge in [-0.05, 0) is 48.9 Å². The summed E-state index contributed by atoms with van der Waals surface area (Å²) in [5.41, 5.74) is 2.43. The number of carbonyl (C=O) groups excluding carboxylic acids is 1. The fourth-order valence-electron chi connectivity index (χ4n) is 2.90. The highest BCUT2D eigenvalue weighted by molar-refractivity contribution is 6.30. The highest BCUT2D eigenvalue weighted by Crippen LogP contribution is 2.30. The van der Waals surface area contributed by atoms with Gasteiger partial charge in [0.1, 0.15) is 12.4 Å². The molecule has 2 aromatic carbocycles. The maximum Gasteiger partial charge on any atom is 0.363 e. The molecule has 0 fully saturated rings. The van der Waals surface area contributed by atoms with E-state index in [0.717, 1.165) is 11.1 Å². The van der Waals surface area contributed by atoms with E-state index in [4.69, 9.17) is 21.1 Å². The second kappa shape index (κ2) is 6.94. The molecular weight excluding hydrogens is 384 g/mol. The minimum atomic E-state index is -0.629. The van der Waals surface area contributed by atoms with Crippen molar-refractivity contribution in [3.05, 3.63) is 85.6 Å². The van der Waals surface area contributed by atoms with Gasteiger partial charge in [0.2, 0.25) is 5.90 Å². The van der Waals surface area contributed by atoms with Gasteiger partial charge in [-0.25, -0.2) is 9.79 Å². The summed E-state index contributed by atoms with van der Waals surface area (Å²) < 4.78 is 10.9. The Bertz CT molecular complexity index is 1120. The number of esters is 1. The Morgan fingerprint density at radius 3 is 2.86 bits per heavy atom. The van der Waals surface area contributed by atoms with Crippen molar-refractivity contribution in [1.82, 2.24) is 0 Å². The smallest absolute Gasteiger partial charge is 0.363 e. The fourth-order valence-corrected chi connectivity index (χ4v) is 3.08. The van der Waals surface area contributed by atoms with Crippen molar-refractivity contribution in [1.29, 1.82) is 0 Å². The Labute approximate surface area is 164 Å². The van der Waals surface area contributed by atoms with Crippen LogP contribution in [0.15, 0.2) is 58.7 Å². The van der Waals surface area contributed by atoms with Gasteiger partial charge in [0, 0.05) is 27.8 Å². The average molecular weight is 397 g/mol. The van der Waals surface area contributed by atoms with E-state index in [1.54, 1.807) is 43.3 Å². The molecule has 4 rings (SSSR count). The van der Waals surface area contributed by atoms with Gasteiger partial charge in [-0.1, -0.05) is 17.7 Å². The van der Waals surface area contributed by atoms with E-state index < -0.39 is 10.9 Å². The van der Waals surface area contributed by atoms with E-state index in [9.17, 15) is 14.9 Å². The number of aliphatic imine (C=N–C) groups is 1. The van der Waals surface area contributed by atoms with Gasteiger partial charge in [-0.3, -0.25) is 10.1 Å². The van der Waals surface area contributed by atoms with Crippen LogP contribution in [0.3, 0.4) is 0 Å². The molecule has 8 heteroatoms. The summed E-state index contributed by atoms with van der Waals surface area (Å²) in [5.74, 6) is 0.104. The molecule has 140 valence electrons. The first-order chi connectivity index (χ1) is 13.4. The quantitative estimate of drug-likeness (QED) is 0.335. The number of nitro groups is 1. The van der Waals surface area contributed by atoms with Gasteiger partial charge < -0.3 is 9.47 Å². The SMILES string of the molecule is Cc1ccc(C2=N/C(=C\C3=Cc4cc(Cl)ccc4OC3)C(=O)O2)cc1[N+](=O)[O-]. The Morgan fingerprint density at radius 2 is 2.07 bits per heavy atom. The first-order valence-electron chi connectivity index (χ1n) is 8.31. The number of carbonyl (C=O) groups is 1. The predicted octanol–water partition coefficient (Wildman–Crippen LogP) is 4.22. The summed E-state index contributed by atoms with van der Waals surface area (Å²) in [6.07, 6.45) is 3.43. The zero-order chi connectivity index (χ0) is 19.8. The van der Waals surface area contributed by atoms with Crippen LogP contribution in [0.1, 0.15) is 16.7 Å². The van der Waals surface area contributed by atoms with Gasteiger partial charge >= 0.3 is 5.97 Å². The van der Waals surface area contributed by atoms with Crippen molar-refractivity contribution in [2.45, 2.75) is 6.92 Å². The lowest BCUT2D eigenvalue weighted by molar-refractivity contribution is -0.385. The Kier molecular flexibility index (Phi) is 4.44. The molecule has 0 aliphatic carbocycles. The van der Waals surface area contributed by atoms with Gasteiger partial charge in [-0.2, -0.15) is 0 Å². The zero-order valence-corrected chi connectivity index (χ0v) is 15.4. The molecule has 0 radical (unpaired) electrons. The maximum absolute atomic E-state index is 12.2. The lowest BCUT2D eigenvalue weighted by Gasteiger charge is -2.16. The highest BCUT2D eigenvalue weighted by Gasteiger charge is 2.26. The van der Waals surface area contributed by atoms with Crippen LogP contribution in [0, 0.1) is 17.0 Å². The third-order valence-electron chi connectivity index (χ3n) is 4.30. The van der Waals surface area contributed by atoms with E-state index in [1.165, 1.54) is 6.07 Å². The van der Waals surface area contributed by atoms with Crippen LogP contribution >= 0.6 is 11.6 Å². The Hall–Kier alpha value is -3.45. The monoisotopic (exact) mass is 396 g/mol. The number of cyclic esters (lactones) is 1. The third kappa shape index (κ3) is 3.39. The number of nitro benzene ring substituents is 1. The molecule has 0 aromatic heterocycles. The van der Waals surface area contributed by atoms with Crippen molar-refractivity contribution < 1.29 is 19.2 Å². The van der Waals surface area contributed by atoms with Gasteiger partial charge in [0.05, 0.1) is 4.92 Å². The normalized spacial score (nSPS) is 16.8. The van der Waals surface area contributed by atoms with E-state index >= 15 is 0 Å². The molecule has 0 spiro atoms. The Balaban J connectivity index is 1.67. The van der Waals surface area contributed by atoms with Crippen LogP contribution in [0.25, 0.3) is 6.08 Å².